The molecule has 1 saturated heterocycles. The number of aliphatic hydroxyl groups excluding tert-OH is 4. The Hall–Kier alpha value is -0.200. The van der Waals surface area contributed by atoms with Gasteiger partial charge in [-0.3, -0.25) is 4.90 Å². The van der Waals surface area contributed by atoms with Crippen LogP contribution >= 0.6 is 0 Å². The summed E-state index contributed by atoms with van der Waals surface area (Å²) in [7, 11) is 0. The molecule has 0 aromatic carbocycles. The van der Waals surface area contributed by atoms with Crippen LogP contribution in [0.5, 0.6) is 0 Å². The molecule has 1 fully saturated rings. The molecule has 0 saturated carbocycles. The van der Waals surface area contributed by atoms with Crippen molar-refractivity contribution in [3.8, 4) is 0 Å². The fourth-order valence-electron chi connectivity index (χ4n) is 2.00. The van der Waals surface area contributed by atoms with Crippen LogP contribution in [-0.4, -0.2) is 69.4 Å². The number of hydrogen-bond donors (Lipinski definition) is 4. The lowest BCUT2D eigenvalue weighted by Crippen LogP contribution is -2.62. The van der Waals surface area contributed by atoms with Crippen LogP contribution in [0.4, 0.5) is 0 Å². The van der Waals surface area contributed by atoms with Crippen LogP contribution in [0.3, 0.4) is 0 Å². The Morgan fingerprint density at radius 3 is 2.40 bits per heavy atom. The molecule has 5 nitrogen and oxygen atoms in total. The molecule has 1 rings (SSSR count). The summed E-state index contributed by atoms with van der Waals surface area (Å²) in [6.45, 7) is 2.89. The molecule has 0 unspecified atom stereocenters. The first-order valence-electron chi connectivity index (χ1n) is 5.51. The number of piperidine rings is 1. The summed E-state index contributed by atoms with van der Waals surface area (Å²) in [5.41, 5.74) is 0. The molecule has 1 aliphatic rings. The minimum Gasteiger partial charge on any atom is -0.395 e. The highest BCUT2D eigenvalue weighted by atomic mass is 16.4. The van der Waals surface area contributed by atoms with Crippen molar-refractivity contribution in [2.45, 2.75) is 44.1 Å². The average Bonchev–Trinajstić information content (AvgIpc) is 2.23. The first-order chi connectivity index (χ1) is 7.11. The zero-order chi connectivity index (χ0) is 11.4. The van der Waals surface area contributed by atoms with Crippen LogP contribution in [0, 0.1) is 0 Å². The molecule has 90 valence electrons. The summed E-state index contributed by atoms with van der Waals surface area (Å²) < 4.78 is 0. The zero-order valence-electron chi connectivity index (χ0n) is 9.08. The van der Waals surface area contributed by atoms with Gasteiger partial charge in [0, 0.05) is 6.54 Å². The molecule has 5 heteroatoms. The second-order valence-corrected chi connectivity index (χ2v) is 4.15. The fourth-order valence-corrected chi connectivity index (χ4v) is 2.00. The minimum atomic E-state index is -1.15. The SMILES string of the molecule is CCCCN1C[C@@H](O)[C@@H](O)[C@H](O)[C@@H]1CO. The highest BCUT2D eigenvalue weighted by Crippen LogP contribution is 2.19. The topological polar surface area (TPSA) is 84.2 Å². The third-order valence-corrected chi connectivity index (χ3v) is 3.01. The molecule has 1 aliphatic heterocycles. The molecule has 0 aromatic heterocycles. The second-order valence-electron chi connectivity index (χ2n) is 4.15. The molecule has 0 spiro atoms. The van der Waals surface area contributed by atoms with Crippen molar-refractivity contribution in [1.82, 2.24) is 4.90 Å². The van der Waals surface area contributed by atoms with E-state index in [2.05, 4.69) is 6.92 Å². The molecule has 4 N–H and O–H groups in total. The van der Waals surface area contributed by atoms with Crippen LogP contribution in [0.1, 0.15) is 19.8 Å². The number of likely N-dealkylation sites (tertiary alicyclic amines) is 1. The molecular weight excluding hydrogens is 198 g/mol. The monoisotopic (exact) mass is 219 g/mol. The van der Waals surface area contributed by atoms with Gasteiger partial charge < -0.3 is 20.4 Å². The first kappa shape index (κ1) is 12.9. The van der Waals surface area contributed by atoms with Gasteiger partial charge >= 0.3 is 0 Å². The Balaban J connectivity index is 2.60. The maximum absolute atomic E-state index is 9.67. The standard InChI is InChI=1S/C10H21NO4/c1-2-3-4-11-5-8(13)10(15)9(14)7(11)6-12/h7-10,12-15H,2-6H2,1H3/t7-,8+,9+,10+/m0/s1. The van der Waals surface area contributed by atoms with Crippen molar-refractivity contribution >= 4 is 0 Å². The van der Waals surface area contributed by atoms with Crippen molar-refractivity contribution in [2.75, 3.05) is 19.7 Å². The number of β-amino-alcohol motifs (C(OH)–C–C–N with tert-alkyl or cyclic N) is 1. The Morgan fingerprint density at radius 1 is 1.20 bits per heavy atom. The Bertz CT molecular complexity index is 190. The largest absolute Gasteiger partial charge is 0.395 e. The molecule has 15 heavy (non-hydrogen) atoms. The number of rotatable bonds is 4. The predicted molar refractivity (Wildman–Crippen MR) is 55.4 cm³/mol. The van der Waals surface area contributed by atoms with Crippen molar-refractivity contribution in [3.63, 3.8) is 0 Å². The Kier molecular flexibility index (Phi) is 4.95. The maximum atomic E-state index is 9.67. The van der Waals surface area contributed by atoms with Crippen LogP contribution in [-0.2, 0) is 0 Å². The molecule has 0 aliphatic carbocycles. The van der Waals surface area contributed by atoms with Crippen LogP contribution in [0.2, 0.25) is 0 Å². The van der Waals surface area contributed by atoms with E-state index in [4.69, 9.17) is 5.11 Å². The normalized spacial score (nSPS) is 38.2. The quantitative estimate of drug-likeness (QED) is 0.465. The molecule has 0 amide bonds. The van der Waals surface area contributed by atoms with Gasteiger partial charge in [-0.25, -0.2) is 0 Å². The van der Waals surface area contributed by atoms with Gasteiger partial charge in [0.05, 0.1) is 18.8 Å². The summed E-state index contributed by atoms with van der Waals surface area (Å²) >= 11 is 0. The number of nitrogens with zero attached hydrogens (tertiary/aromatic N) is 1. The third kappa shape index (κ3) is 2.89. The average molecular weight is 219 g/mol. The summed E-state index contributed by atoms with van der Waals surface area (Å²) in [5, 5.41) is 37.8. The van der Waals surface area contributed by atoms with E-state index < -0.39 is 24.4 Å². The van der Waals surface area contributed by atoms with E-state index in [0.29, 0.717) is 6.54 Å². The van der Waals surface area contributed by atoms with Crippen molar-refractivity contribution in [1.29, 1.82) is 0 Å². The molecule has 1 heterocycles. The fraction of sp³-hybridized carbons (Fsp3) is 1.00. The molecule has 0 radical (unpaired) electrons. The molecule has 4 atom stereocenters. The van der Waals surface area contributed by atoms with Crippen LogP contribution in [0.15, 0.2) is 0 Å². The molecular formula is C10H21NO4. The zero-order valence-corrected chi connectivity index (χ0v) is 9.08. The van der Waals surface area contributed by atoms with E-state index in [1.54, 1.807) is 0 Å². The van der Waals surface area contributed by atoms with Gasteiger partial charge in [-0.2, -0.15) is 0 Å². The lowest BCUT2D eigenvalue weighted by molar-refractivity contribution is -0.145. The summed E-state index contributed by atoms with van der Waals surface area (Å²) in [5.74, 6) is 0. The van der Waals surface area contributed by atoms with E-state index in [9.17, 15) is 15.3 Å². The van der Waals surface area contributed by atoms with Gasteiger partial charge in [-0.05, 0) is 13.0 Å². The van der Waals surface area contributed by atoms with Gasteiger partial charge in [-0.15, -0.1) is 0 Å². The summed E-state index contributed by atoms with van der Waals surface area (Å²) in [6, 6.07) is -0.463. The number of hydrogen-bond acceptors (Lipinski definition) is 5. The smallest absolute Gasteiger partial charge is 0.109 e. The van der Waals surface area contributed by atoms with Gasteiger partial charge in [-0.1, -0.05) is 13.3 Å². The molecule has 0 bridgehead atoms. The van der Waals surface area contributed by atoms with Crippen LogP contribution in [0.25, 0.3) is 0 Å². The van der Waals surface area contributed by atoms with Crippen molar-refractivity contribution in [3.05, 3.63) is 0 Å². The summed E-state index contributed by atoms with van der Waals surface area (Å²) in [6.07, 6.45) is -1.19. The van der Waals surface area contributed by atoms with E-state index in [1.807, 2.05) is 4.90 Å². The first-order valence-corrected chi connectivity index (χ1v) is 5.51. The van der Waals surface area contributed by atoms with Gasteiger partial charge in [0.25, 0.3) is 0 Å². The van der Waals surface area contributed by atoms with Crippen molar-refractivity contribution in [2.24, 2.45) is 0 Å². The maximum Gasteiger partial charge on any atom is 0.109 e. The number of aliphatic hydroxyl groups is 4. The highest BCUT2D eigenvalue weighted by molar-refractivity contribution is 4.93. The lowest BCUT2D eigenvalue weighted by Gasteiger charge is -2.43. The van der Waals surface area contributed by atoms with Gasteiger partial charge in [0.2, 0.25) is 0 Å². The summed E-state index contributed by atoms with van der Waals surface area (Å²) in [4.78, 5) is 1.84. The van der Waals surface area contributed by atoms with Crippen LogP contribution < -0.4 is 0 Å². The predicted octanol–water partition coefficient (Wildman–Crippen LogP) is -1.45. The lowest BCUT2D eigenvalue weighted by atomic mass is 9.94. The number of unbranched alkanes of at least 4 members (excludes halogenated alkanes) is 1. The second kappa shape index (κ2) is 5.77. The van der Waals surface area contributed by atoms with E-state index >= 15 is 0 Å². The Labute approximate surface area is 90.0 Å². The molecule has 0 aromatic rings. The van der Waals surface area contributed by atoms with E-state index in [1.165, 1.54) is 0 Å². The highest BCUT2D eigenvalue weighted by Gasteiger charge is 2.40. The van der Waals surface area contributed by atoms with E-state index in [-0.39, 0.29) is 6.61 Å². The minimum absolute atomic E-state index is 0.200. The van der Waals surface area contributed by atoms with E-state index in [0.717, 1.165) is 19.4 Å². The van der Waals surface area contributed by atoms with Gasteiger partial charge in [0.1, 0.15) is 12.2 Å². The third-order valence-electron chi connectivity index (χ3n) is 3.01. The van der Waals surface area contributed by atoms with Crippen molar-refractivity contribution < 1.29 is 20.4 Å². The van der Waals surface area contributed by atoms with Gasteiger partial charge in [0.15, 0.2) is 0 Å². The Morgan fingerprint density at radius 2 is 1.87 bits per heavy atom.